The summed E-state index contributed by atoms with van der Waals surface area (Å²) in [5.41, 5.74) is 1.95. The van der Waals surface area contributed by atoms with E-state index in [2.05, 4.69) is 21.8 Å². The largest absolute Gasteiger partial charge is 0.496 e. The first-order valence-electron chi connectivity index (χ1n) is 9.54. The highest BCUT2D eigenvalue weighted by atomic mass is 19.1. The molecule has 1 aliphatic heterocycles. The highest BCUT2D eigenvalue weighted by Crippen LogP contribution is 2.26. The fourth-order valence-electron chi connectivity index (χ4n) is 3.65. The molecule has 7 nitrogen and oxygen atoms in total. The second-order valence-corrected chi connectivity index (χ2v) is 7.06. The minimum atomic E-state index is -0.329. The number of halogens is 1. The SMILES string of the molecule is COc1cc(F)ccc1CCN1c2nc(-c3ccncn3)cc(=O)n2CCC1C. The fourth-order valence-corrected chi connectivity index (χ4v) is 3.65. The molecule has 0 radical (unpaired) electrons. The van der Waals surface area contributed by atoms with Crippen LogP contribution in [-0.4, -0.2) is 39.2 Å². The summed E-state index contributed by atoms with van der Waals surface area (Å²) >= 11 is 0. The Bertz CT molecular complexity index is 1070. The predicted octanol–water partition coefficient (Wildman–Crippen LogP) is 2.69. The Hall–Kier alpha value is -3.29. The number of hydrogen-bond donors (Lipinski definition) is 0. The topological polar surface area (TPSA) is 73.1 Å². The van der Waals surface area contributed by atoms with Gasteiger partial charge in [0.15, 0.2) is 0 Å². The van der Waals surface area contributed by atoms with Gasteiger partial charge in [0.25, 0.3) is 5.56 Å². The lowest BCUT2D eigenvalue weighted by Gasteiger charge is -2.36. The van der Waals surface area contributed by atoms with Crippen LogP contribution in [0.15, 0.2) is 47.7 Å². The molecular weight excluding hydrogens is 373 g/mol. The second-order valence-electron chi connectivity index (χ2n) is 7.06. The zero-order chi connectivity index (χ0) is 20.4. The van der Waals surface area contributed by atoms with Crippen molar-refractivity contribution < 1.29 is 9.13 Å². The van der Waals surface area contributed by atoms with Crippen LogP contribution < -0.4 is 15.2 Å². The molecule has 3 aromatic rings. The molecule has 0 fully saturated rings. The lowest BCUT2D eigenvalue weighted by Crippen LogP contribution is -2.45. The maximum atomic E-state index is 13.5. The molecule has 1 aromatic carbocycles. The normalized spacial score (nSPS) is 15.8. The molecule has 0 aliphatic carbocycles. The monoisotopic (exact) mass is 395 g/mol. The van der Waals surface area contributed by atoms with Gasteiger partial charge in [0, 0.05) is 37.5 Å². The van der Waals surface area contributed by atoms with Gasteiger partial charge < -0.3 is 9.64 Å². The van der Waals surface area contributed by atoms with Crippen LogP contribution in [0.4, 0.5) is 10.3 Å². The molecule has 1 atom stereocenters. The van der Waals surface area contributed by atoms with Crippen molar-refractivity contribution in [3.8, 4) is 17.1 Å². The Kier molecular flexibility index (Phi) is 5.24. The summed E-state index contributed by atoms with van der Waals surface area (Å²) in [5, 5.41) is 0. The number of rotatable bonds is 5. The van der Waals surface area contributed by atoms with Crippen molar-refractivity contribution in [2.75, 3.05) is 18.6 Å². The van der Waals surface area contributed by atoms with Crippen molar-refractivity contribution in [2.45, 2.75) is 32.4 Å². The quantitative estimate of drug-likeness (QED) is 0.661. The molecule has 29 heavy (non-hydrogen) atoms. The van der Waals surface area contributed by atoms with Crippen molar-refractivity contribution >= 4 is 5.95 Å². The fraction of sp³-hybridized carbons (Fsp3) is 0.333. The molecule has 8 heteroatoms. The molecule has 1 aliphatic rings. The van der Waals surface area contributed by atoms with Gasteiger partial charge in [-0.05, 0) is 37.5 Å². The third kappa shape index (κ3) is 3.83. The van der Waals surface area contributed by atoms with E-state index in [0.29, 0.717) is 42.6 Å². The number of ether oxygens (including phenoxy) is 1. The van der Waals surface area contributed by atoms with Gasteiger partial charge in [0.1, 0.15) is 17.9 Å². The van der Waals surface area contributed by atoms with Crippen LogP contribution in [0.25, 0.3) is 11.4 Å². The lowest BCUT2D eigenvalue weighted by molar-refractivity contribution is 0.404. The van der Waals surface area contributed by atoms with E-state index in [1.807, 2.05) is 0 Å². The van der Waals surface area contributed by atoms with E-state index in [-0.39, 0.29) is 17.4 Å². The molecule has 0 bridgehead atoms. The van der Waals surface area contributed by atoms with E-state index < -0.39 is 0 Å². The van der Waals surface area contributed by atoms with E-state index in [1.165, 1.54) is 31.6 Å². The van der Waals surface area contributed by atoms with Gasteiger partial charge in [-0.15, -0.1) is 0 Å². The number of nitrogens with zero attached hydrogens (tertiary/aromatic N) is 5. The summed E-state index contributed by atoms with van der Waals surface area (Å²) in [7, 11) is 1.53. The van der Waals surface area contributed by atoms with Crippen LogP contribution >= 0.6 is 0 Å². The molecular formula is C21H22FN5O2. The molecule has 2 aromatic heterocycles. The standard InChI is InChI=1S/C21H22FN5O2/c1-14-6-9-27-20(28)12-18(17-5-8-23-13-24-17)25-21(27)26(14)10-7-15-3-4-16(22)11-19(15)29-2/h3-5,8,11-14H,6-7,9-10H2,1-2H3. The lowest BCUT2D eigenvalue weighted by atomic mass is 10.1. The van der Waals surface area contributed by atoms with Gasteiger partial charge in [-0.3, -0.25) is 9.36 Å². The second kappa shape index (κ2) is 7.98. The summed E-state index contributed by atoms with van der Waals surface area (Å²) in [6, 6.07) is 8.02. The van der Waals surface area contributed by atoms with Gasteiger partial charge in [0.2, 0.25) is 5.95 Å². The number of methoxy groups -OCH3 is 1. The van der Waals surface area contributed by atoms with Gasteiger partial charge in [-0.25, -0.2) is 19.3 Å². The number of benzene rings is 1. The number of aromatic nitrogens is 4. The Morgan fingerprint density at radius 1 is 1.24 bits per heavy atom. The molecule has 0 saturated heterocycles. The molecule has 0 spiro atoms. The van der Waals surface area contributed by atoms with E-state index in [9.17, 15) is 9.18 Å². The molecule has 0 saturated carbocycles. The van der Waals surface area contributed by atoms with Crippen molar-refractivity contribution in [1.29, 1.82) is 0 Å². The molecule has 0 N–H and O–H groups in total. The zero-order valence-corrected chi connectivity index (χ0v) is 16.4. The zero-order valence-electron chi connectivity index (χ0n) is 16.4. The van der Waals surface area contributed by atoms with Gasteiger partial charge >= 0.3 is 0 Å². The van der Waals surface area contributed by atoms with Crippen molar-refractivity contribution in [1.82, 2.24) is 19.5 Å². The minimum absolute atomic E-state index is 0.0973. The van der Waals surface area contributed by atoms with Crippen molar-refractivity contribution in [3.05, 3.63) is 64.6 Å². The first kappa shape index (κ1) is 19.0. The minimum Gasteiger partial charge on any atom is -0.496 e. The van der Waals surface area contributed by atoms with Crippen LogP contribution in [0.1, 0.15) is 18.9 Å². The van der Waals surface area contributed by atoms with Gasteiger partial charge in [0.05, 0.1) is 18.5 Å². The molecule has 1 unspecified atom stereocenters. The molecule has 150 valence electrons. The van der Waals surface area contributed by atoms with E-state index in [0.717, 1.165) is 12.0 Å². The number of hydrogen-bond acceptors (Lipinski definition) is 6. The average molecular weight is 395 g/mol. The Morgan fingerprint density at radius 3 is 2.86 bits per heavy atom. The summed E-state index contributed by atoms with van der Waals surface area (Å²) in [6.45, 7) is 3.38. The third-order valence-electron chi connectivity index (χ3n) is 5.26. The third-order valence-corrected chi connectivity index (χ3v) is 5.26. The van der Waals surface area contributed by atoms with Crippen LogP contribution in [0.3, 0.4) is 0 Å². The van der Waals surface area contributed by atoms with Crippen molar-refractivity contribution in [3.63, 3.8) is 0 Å². The van der Waals surface area contributed by atoms with Crippen LogP contribution in [0.2, 0.25) is 0 Å². The van der Waals surface area contributed by atoms with Gasteiger partial charge in [-0.1, -0.05) is 6.07 Å². The van der Waals surface area contributed by atoms with E-state index in [4.69, 9.17) is 9.72 Å². The van der Waals surface area contributed by atoms with Crippen LogP contribution in [-0.2, 0) is 13.0 Å². The smallest absolute Gasteiger partial charge is 0.255 e. The first-order chi connectivity index (χ1) is 14.1. The van der Waals surface area contributed by atoms with Crippen LogP contribution in [0.5, 0.6) is 5.75 Å². The van der Waals surface area contributed by atoms with Crippen LogP contribution in [0, 0.1) is 5.82 Å². The summed E-state index contributed by atoms with van der Waals surface area (Å²) in [4.78, 5) is 27.7. The Morgan fingerprint density at radius 2 is 2.10 bits per heavy atom. The first-order valence-corrected chi connectivity index (χ1v) is 9.54. The molecule has 0 amide bonds. The summed E-state index contributed by atoms with van der Waals surface area (Å²) < 4.78 is 20.5. The number of anilines is 1. The highest BCUT2D eigenvalue weighted by Gasteiger charge is 2.26. The Balaban J connectivity index is 1.67. The number of fused-ring (bicyclic) bond motifs is 1. The average Bonchev–Trinajstić information content (AvgIpc) is 2.74. The molecule has 4 rings (SSSR count). The maximum absolute atomic E-state index is 13.5. The Labute approximate surface area is 167 Å². The predicted molar refractivity (Wildman–Crippen MR) is 108 cm³/mol. The highest BCUT2D eigenvalue weighted by molar-refractivity contribution is 5.55. The maximum Gasteiger partial charge on any atom is 0.255 e. The van der Waals surface area contributed by atoms with Crippen molar-refractivity contribution in [2.24, 2.45) is 0 Å². The summed E-state index contributed by atoms with van der Waals surface area (Å²) in [5.74, 6) is 0.825. The molecule has 3 heterocycles. The summed E-state index contributed by atoms with van der Waals surface area (Å²) in [6.07, 6.45) is 4.56. The van der Waals surface area contributed by atoms with E-state index >= 15 is 0 Å². The van der Waals surface area contributed by atoms with E-state index in [1.54, 1.807) is 22.9 Å². The van der Waals surface area contributed by atoms with Gasteiger partial charge in [-0.2, -0.15) is 0 Å².